The minimum Gasteiger partial charge on any atom is -0.341 e. The van der Waals surface area contributed by atoms with Crippen LogP contribution < -0.4 is 5.32 Å². The van der Waals surface area contributed by atoms with Gasteiger partial charge < -0.3 is 5.32 Å². The molecule has 7 nitrogen and oxygen atoms in total. The quantitative estimate of drug-likeness (QED) is 0.387. The van der Waals surface area contributed by atoms with Gasteiger partial charge >= 0.3 is 0 Å². The number of nitrogens with zero attached hydrogens (tertiary/aromatic N) is 3. The van der Waals surface area contributed by atoms with Crippen molar-refractivity contribution in [1.29, 1.82) is 0 Å². The highest BCUT2D eigenvalue weighted by atomic mass is 16.6. The number of rotatable bonds is 6. The van der Waals surface area contributed by atoms with E-state index in [2.05, 4.69) is 10.4 Å². The second-order valence-corrected chi connectivity index (χ2v) is 6.67. The van der Waals surface area contributed by atoms with E-state index < -0.39 is 4.92 Å². The minimum absolute atomic E-state index is 0.00237. The molecule has 148 valence electrons. The van der Waals surface area contributed by atoms with Crippen molar-refractivity contribution in [3.63, 3.8) is 0 Å². The zero-order valence-corrected chi connectivity index (χ0v) is 15.9. The van der Waals surface area contributed by atoms with E-state index in [4.69, 9.17) is 0 Å². The first kappa shape index (κ1) is 19.1. The highest BCUT2D eigenvalue weighted by Gasteiger charge is 2.19. The molecular weight excluding hydrogens is 380 g/mol. The lowest BCUT2D eigenvalue weighted by Crippen LogP contribution is -2.29. The standard InChI is InChI=1S/C23H18N4O3/c28-23(19-15-24-26(16-19)20-11-13-21(14-12-20)27(29)30)25-22(17-7-3-1-4-8-17)18-9-5-2-6-10-18/h1-16,22H,(H,25,28). The summed E-state index contributed by atoms with van der Waals surface area (Å²) in [6, 6.07) is 25.2. The van der Waals surface area contributed by atoms with Crippen LogP contribution in [-0.2, 0) is 0 Å². The first-order chi connectivity index (χ1) is 14.6. The number of aromatic nitrogens is 2. The summed E-state index contributed by atoms with van der Waals surface area (Å²) in [6.07, 6.45) is 3.08. The van der Waals surface area contributed by atoms with E-state index in [-0.39, 0.29) is 17.6 Å². The van der Waals surface area contributed by atoms with Gasteiger partial charge in [-0.1, -0.05) is 60.7 Å². The van der Waals surface area contributed by atoms with E-state index in [9.17, 15) is 14.9 Å². The Morgan fingerprint density at radius 1 is 0.900 bits per heavy atom. The van der Waals surface area contributed by atoms with Crippen LogP contribution in [-0.4, -0.2) is 20.6 Å². The second-order valence-electron chi connectivity index (χ2n) is 6.67. The first-order valence-electron chi connectivity index (χ1n) is 9.32. The summed E-state index contributed by atoms with van der Waals surface area (Å²) in [4.78, 5) is 23.3. The lowest BCUT2D eigenvalue weighted by Gasteiger charge is -2.19. The number of benzene rings is 3. The fraction of sp³-hybridized carbons (Fsp3) is 0.0435. The second kappa shape index (κ2) is 8.40. The van der Waals surface area contributed by atoms with E-state index in [1.165, 1.54) is 23.0 Å². The molecule has 0 aliphatic carbocycles. The summed E-state index contributed by atoms with van der Waals surface area (Å²) in [5.41, 5.74) is 2.96. The van der Waals surface area contributed by atoms with E-state index in [1.54, 1.807) is 18.3 Å². The zero-order chi connectivity index (χ0) is 20.9. The molecule has 0 spiro atoms. The van der Waals surface area contributed by atoms with Crippen LogP contribution in [0.4, 0.5) is 5.69 Å². The third-order valence-electron chi connectivity index (χ3n) is 4.71. The molecule has 1 heterocycles. The highest BCUT2D eigenvalue weighted by Crippen LogP contribution is 2.22. The molecule has 7 heteroatoms. The van der Waals surface area contributed by atoms with Gasteiger partial charge in [0.05, 0.1) is 28.4 Å². The maximum Gasteiger partial charge on any atom is 0.269 e. The molecule has 0 atom stereocenters. The van der Waals surface area contributed by atoms with Crippen molar-refractivity contribution < 1.29 is 9.72 Å². The monoisotopic (exact) mass is 398 g/mol. The lowest BCUT2D eigenvalue weighted by atomic mass is 9.98. The molecule has 0 saturated carbocycles. The SMILES string of the molecule is O=C(NC(c1ccccc1)c1ccccc1)c1cnn(-c2ccc([N+](=O)[O-])cc2)c1. The predicted octanol–water partition coefficient (Wildman–Crippen LogP) is 4.30. The number of non-ortho nitro benzene ring substituents is 1. The van der Waals surface area contributed by atoms with Gasteiger partial charge in [-0.25, -0.2) is 4.68 Å². The minimum atomic E-state index is -0.459. The molecule has 3 aromatic carbocycles. The Kier molecular flexibility index (Phi) is 5.34. The van der Waals surface area contributed by atoms with Crippen LogP contribution in [0.5, 0.6) is 0 Å². The smallest absolute Gasteiger partial charge is 0.269 e. The molecule has 0 radical (unpaired) electrons. The number of nitro groups is 1. The van der Waals surface area contributed by atoms with Crippen molar-refractivity contribution in [2.24, 2.45) is 0 Å². The van der Waals surface area contributed by atoms with Crippen molar-refractivity contribution in [3.05, 3.63) is 124 Å². The molecule has 0 bridgehead atoms. The van der Waals surface area contributed by atoms with Gasteiger partial charge in [-0.15, -0.1) is 0 Å². The molecule has 1 N–H and O–H groups in total. The third kappa shape index (κ3) is 4.10. The van der Waals surface area contributed by atoms with Crippen molar-refractivity contribution in [3.8, 4) is 5.69 Å². The molecule has 1 aromatic heterocycles. The Labute approximate surface area is 172 Å². The Hall–Kier alpha value is -4.26. The average Bonchev–Trinajstić information content (AvgIpc) is 3.29. The Balaban J connectivity index is 1.57. The molecule has 4 aromatic rings. The van der Waals surface area contributed by atoms with E-state index >= 15 is 0 Å². The zero-order valence-electron chi connectivity index (χ0n) is 15.9. The molecule has 0 saturated heterocycles. The van der Waals surface area contributed by atoms with Gasteiger partial charge in [0.15, 0.2) is 0 Å². The van der Waals surface area contributed by atoms with Gasteiger partial charge in [0.25, 0.3) is 11.6 Å². The highest BCUT2D eigenvalue weighted by molar-refractivity contribution is 5.94. The number of hydrogen-bond donors (Lipinski definition) is 1. The van der Waals surface area contributed by atoms with Crippen molar-refractivity contribution in [1.82, 2.24) is 15.1 Å². The maximum absolute atomic E-state index is 12.9. The molecule has 30 heavy (non-hydrogen) atoms. The van der Waals surface area contributed by atoms with Crippen LogP contribution in [0.2, 0.25) is 0 Å². The summed E-state index contributed by atoms with van der Waals surface area (Å²) < 4.78 is 1.51. The number of amides is 1. The van der Waals surface area contributed by atoms with Crippen LogP contribution in [0, 0.1) is 10.1 Å². The topological polar surface area (TPSA) is 90.1 Å². The fourth-order valence-electron chi connectivity index (χ4n) is 3.17. The predicted molar refractivity (Wildman–Crippen MR) is 112 cm³/mol. The Bertz CT molecular complexity index is 1120. The van der Waals surface area contributed by atoms with Gasteiger partial charge in [-0.2, -0.15) is 5.10 Å². The molecular formula is C23H18N4O3. The summed E-state index contributed by atoms with van der Waals surface area (Å²) in [6.45, 7) is 0. The summed E-state index contributed by atoms with van der Waals surface area (Å²) in [5, 5.41) is 18.1. The molecule has 4 rings (SSSR count). The maximum atomic E-state index is 12.9. The van der Waals surface area contributed by atoms with Crippen LogP contribution in [0.15, 0.2) is 97.3 Å². The molecule has 0 aliphatic rings. The van der Waals surface area contributed by atoms with Gasteiger partial charge in [-0.3, -0.25) is 14.9 Å². The largest absolute Gasteiger partial charge is 0.341 e. The van der Waals surface area contributed by atoms with Crippen LogP contribution in [0.1, 0.15) is 27.5 Å². The van der Waals surface area contributed by atoms with Crippen LogP contribution in [0.3, 0.4) is 0 Å². The molecule has 1 amide bonds. The molecule has 0 aliphatic heterocycles. The molecule has 0 unspecified atom stereocenters. The van der Waals surface area contributed by atoms with Gasteiger partial charge in [-0.05, 0) is 23.3 Å². The van der Waals surface area contributed by atoms with E-state index in [1.807, 2.05) is 60.7 Å². The number of carbonyl (C=O) groups excluding carboxylic acids is 1. The van der Waals surface area contributed by atoms with Gasteiger partial charge in [0.2, 0.25) is 0 Å². The number of hydrogen-bond acceptors (Lipinski definition) is 4. The summed E-state index contributed by atoms with van der Waals surface area (Å²) in [5.74, 6) is -0.263. The summed E-state index contributed by atoms with van der Waals surface area (Å²) in [7, 11) is 0. The van der Waals surface area contributed by atoms with Crippen LogP contribution >= 0.6 is 0 Å². The fourth-order valence-corrected chi connectivity index (χ4v) is 3.17. The number of nitrogens with one attached hydrogen (secondary N) is 1. The average molecular weight is 398 g/mol. The number of carbonyl (C=O) groups is 1. The van der Waals surface area contributed by atoms with E-state index in [0.717, 1.165) is 11.1 Å². The lowest BCUT2D eigenvalue weighted by molar-refractivity contribution is -0.384. The Morgan fingerprint density at radius 2 is 1.47 bits per heavy atom. The van der Waals surface area contributed by atoms with Gasteiger partial charge in [0, 0.05) is 18.3 Å². The Morgan fingerprint density at radius 3 is 2.00 bits per heavy atom. The normalized spacial score (nSPS) is 10.7. The van der Waals surface area contributed by atoms with E-state index in [0.29, 0.717) is 11.3 Å². The van der Waals surface area contributed by atoms with Gasteiger partial charge in [0.1, 0.15) is 0 Å². The van der Waals surface area contributed by atoms with Crippen molar-refractivity contribution in [2.75, 3.05) is 0 Å². The van der Waals surface area contributed by atoms with Crippen LogP contribution in [0.25, 0.3) is 5.69 Å². The first-order valence-corrected chi connectivity index (χ1v) is 9.32. The summed E-state index contributed by atoms with van der Waals surface area (Å²) >= 11 is 0. The van der Waals surface area contributed by atoms with Crippen molar-refractivity contribution in [2.45, 2.75) is 6.04 Å². The molecule has 0 fully saturated rings. The van der Waals surface area contributed by atoms with Crippen molar-refractivity contribution >= 4 is 11.6 Å². The number of nitro benzene ring substituents is 1. The third-order valence-corrected chi connectivity index (χ3v) is 4.71.